The van der Waals surface area contributed by atoms with Gasteiger partial charge < -0.3 is 20.1 Å². The van der Waals surface area contributed by atoms with E-state index in [1.807, 2.05) is 0 Å². The highest BCUT2D eigenvalue weighted by molar-refractivity contribution is 5.77. The molecule has 0 bridgehead atoms. The summed E-state index contributed by atoms with van der Waals surface area (Å²) in [5.74, 6) is 0.0188. The van der Waals surface area contributed by atoms with Gasteiger partial charge in [0.25, 0.3) is 0 Å². The van der Waals surface area contributed by atoms with Crippen LogP contribution in [0.25, 0.3) is 0 Å². The van der Waals surface area contributed by atoms with Gasteiger partial charge in [0.1, 0.15) is 0 Å². The monoisotopic (exact) mass is 230 g/mol. The molecule has 1 aliphatic heterocycles. The highest BCUT2D eigenvalue weighted by Crippen LogP contribution is 2.11. The Labute approximate surface area is 96.9 Å². The van der Waals surface area contributed by atoms with Crippen LogP contribution in [0.3, 0.4) is 0 Å². The summed E-state index contributed by atoms with van der Waals surface area (Å²) in [7, 11) is 1.64. The molecule has 1 aliphatic rings. The minimum atomic E-state index is 0.0188. The molecule has 5 heteroatoms. The van der Waals surface area contributed by atoms with E-state index in [0.717, 1.165) is 19.4 Å². The van der Waals surface area contributed by atoms with Gasteiger partial charge in [0.2, 0.25) is 5.91 Å². The molecular formula is C11H22N2O3. The Morgan fingerprint density at radius 3 is 3.06 bits per heavy atom. The number of carbonyl (C=O) groups excluding carboxylic acids is 1. The highest BCUT2D eigenvalue weighted by Gasteiger charge is 2.14. The van der Waals surface area contributed by atoms with Gasteiger partial charge in [-0.05, 0) is 19.3 Å². The summed E-state index contributed by atoms with van der Waals surface area (Å²) >= 11 is 0. The van der Waals surface area contributed by atoms with Crippen LogP contribution in [0, 0.1) is 0 Å². The first-order valence-electron chi connectivity index (χ1n) is 5.91. The van der Waals surface area contributed by atoms with Gasteiger partial charge in [-0.3, -0.25) is 4.79 Å². The van der Waals surface area contributed by atoms with Crippen molar-refractivity contribution in [2.45, 2.75) is 25.4 Å². The van der Waals surface area contributed by atoms with E-state index < -0.39 is 0 Å². The molecule has 1 heterocycles. The second-order valence-corrected chi connectivity index (χ2v) is 3.96. The molecule has 1 saturated heterocycles. The summed E-state index contributed by atoms with van der Waals surface area (Å²) < 4.78 is 10.4. The van der Waals surface area contributed by atoms with Crippen molar-refractivity contribution >= 4 is 5.91 Å². The number of amides is 1. The van der Waals surface area contributed by atoms with E-state index in [1.54, 1.807) is 7.11 Å². The zero-order valence-corrected chi connectivity index (χ0v) is 9.96. The number of nitrogens with one attached hydrogen (secondary N) is 2. The van der Waals surface area contributed by atoms with E-state index in [1.165, 1.54) is 6.42 Å². The van der Waals surface area contributed by atoms with Gasteiger partial charge in [-0.1, -0.05) is 0 Å². The highest BCUT2D eigenvalue weighted by atomic mass is 16.5. The number of methoxy groups -OCH3 is 1. The molecule has 0 aromatic carbocycles. The van der Waals surface area contributed by atoms with Crippen LogP contribution in [0.5, 0.6) is 0 Å². The van der Waals surface area contributed by atoms with Crippen LogP contribution < -0.4 is 10.6 Å². The van der Waals surface area contributed by atoms with Crippen molar-refractivity contribution in [2.24, 2.45) is 0 Å². The van der Waals surface area contributed by atoms with Gasteiger partial charge >= 0.3 is 0 Å². The molecular weight excluding hydrogens is 208 g/mol. The second kappa shape index (κ2) is 8.50. The Hall–Kier alpha value is -0.650. The number of ether oxygens (including phenoxy) is 2. The lowest BCUT2D eigenvalue weighted by molar-refractivity contribution is -0.121. The van der Waals surface area contributed by atoms with E-state index in [4.69, 9.17) is 9.47 Å². The van der Waals surface area contributed by atoms with E-state index >= 15 is 0 Å². The molecule has 0 aromatic rings. The second-order valence-electron chi connectivity index (χ2n) is 3.96. The first-order valence-corrected chi connectivity index (χ1v) is 5.91. The fraction of sp³-hybridized carbons (Fsp3) is 0.909. The van der Waals surface area contributed by atoms with Crippen molar-refractivity contribution in [3.63, 3.8) is 0 Å². The lowest BCUT2D eigenvalue weighted by Crippen LogP contribution is -2.40. The van der Waals surface area contributed by atoms with Gasteiger partial charge in [0, 0.05) is 26.8 Å². The minimum absolute atomic E-state index is 0.0188. The molecule has 2 N–H and O–H groups in total. The predicted molar refractivity (Wildman–Crippen MR) is 61.3 cm³/mol. The maximum absolute atomic E-state index is 11.4. The number of rotatable bonds is 7. The third kappa shape index (κ3) is 6.05. The molecule has 0 radical (unpaired) electrons. The SMILES string of the molecule is COCCNCC(=O)NCC1CCCCO1. The largest absolute Gasteiger partial charge is 0.383 e. The molecule has 0 spiro atoms. The molecule has 0 saturated carbocycles. The van der Waals surface area contributed by atoms with Crippen molar-refractivity contribution in [2.75, 3.05) is 40.0 Å². The van der Waals surface area contributed by atoms with Gasteiger partial charge in [0.15, 0.2) is 0 Å². The third-order valence-electron chi connectivity index (χ3n) is 2.57. The van der Waals surface area contributed by atoms with Crippen LogP contribution in [0.1, 0.15) is 19.3 Å². The Morgan fingerprint density at radius 1 is 1.50 bits per heavy atom. The first-order chi connectivity index (χ1) is 7.83. The van der Waals surface area contributed by atoms with Gasteiger partial charge in [0.05, 0.1) is 19.3 Å². The average molecular weight is 230 g/mol. The summed E-state index contributed by atoms with van der Waals surface area (Å²) in [5, 5.41) is 5.86. The standard InChI is InChI=1S/C11H22N2O3/c1-15-7-5-12-9-11(14)13-8-10-4-2-3-6-16-10/h10,12H,2-9H2,1H3,(H,13,14). The molecule has 5 nitrogen and oxygen atoms in total. The number of hydrogen-bond acceptors (Lipinski definition) is 4. The summed E-state index contributed by atoms with van der Waals surface area (Å²) in [4.78, 5) is 11.4. The van der Waals surface area contributed by atoms with Crippen LogP contribution in [0.15, 0.2) is 0 Å². The summed E-state index contributed by atoms with van der Waals surface area (Å²) in [6.07, 6.45) is 3.60. The lowest BCUT2D eigenvalue weighted by Gasteiger charge is -2.22. The molecule has 0 aliphatic carbocycles. The maximum atomic E-state index is 11.4. The fourth-order valence-corrected chi connectivity index (χ4v) is 1.63. The molecule has 0 aromatic heterocycles. The first kappa shape index (κ1) is 13.4. The van der Waals surface area contributed by atoms with Gasteiger partial charge in [-0.2, -0.15) is 0 Å². The zero-order chi connectivity index (χ0) is 11.6. The fourth-order valence-electron chi connectivity index (χ4n) is 1.63. The van der Waals surface area contributed by atoms with E-state index in [-0.39, 0.29) is 12.0 Å². The van der Waals surface area contributed by atoms with Crippen molar-refractivity contribution in [1.82, 2.24) is 10.6 Å². The van der Waals surface area contributed by atoms with Crippen LogP contribution in [0.2, 0.25) is 0 Å². The van der Waals surface area contributed by atoms with Crippen LogP contribution in [0.4, 0.5) is 0 Å². The Balaban J connectivity index is 1.96. The Kier molecular flexibility index (Phi) is 7.12. The molecule has 16 heavy (non-hydrogen) atoms. The van der Waals surface area contributed by atoms with Crippen molar-refractivity contribution in [3.05, 3.63) is 0 Å². The molecule has 1 amide bonds. The van der Waals surface area contributed by atoms with Crippen LogP contribution in [-0.4, -0.2) is 52.0 Å². The Morgan fingerprint density at radius 2 is 2.38 bits per heavy atom. The maximum Gasteiger partial charge on any atom is 0.234 e. The smallest absolute Gasteiger partial charge is 0.234 e. The molecule has 1 atom stereocenters. The third-order valence-corrected chi connectivity index (χ3v) is 2.57. The number of carbonyl (C=O) groups is 1. The quantitative estimate of drug-likeness (QED) is 0.600. The summed E-state index contributed by atoms with van der Waals surface area (Å²) in [6, 6.07) is 0. The van der Waals surface area contributed by atoms with Crippen molar-refractivity contribution < 1.29 is 14.3 Å². The Bertz CT molecular complexity index is 194. The number of hydrogen-bond donors (Lipinski definition) is 2. The zero-order valence-electron chi connectivity index (χ0n) is 9.96. The topological polar surface area (TPSA) is 59.6 Å². The van der Waals surface area contributed by atoms with Crippen LogP contribution >= 0.6 is 0 Å². The average Bonchev–Trinajstić information content (AvgIpc) is 2.33. The summed E-state index contributed by atoms with van der Waals surface area (Å²) in [5.41, 5.74) is 0. The normalized spacial score (nSPS) is 20.7. The van der Waals surface area contributed by atoms with Gasteiger partial charge in [-0.15, -0.1) is 0 Å². The minimum Gasteiger partial charge on any atom is -0.383 e. The van der Waals surface area contributed by atoms with E-state index in [9.17, 15) is 4.79 Å². The van der Waals surface area contributed by atoms with Gasteiger partial charge in [-0.25, -0.2) is 0 Å². The van der Waals surface area contributed by atoms with Crippen molar-refractivity contribution in [3.8, 4) is 0 Å². The van der Waals surface area contributed by atoms with Crippen LogP contribution in [-0.2, 0) is 14.3 Å². The van der Waals surface area contributed by atoms with E-state index in [0.29, 0.717) is 26.2 Å². The predicted octanol–water partition coefficient (Wildman–Crippen LogP) is -0.0923. The lowest BCUT2D eigenvalue weighted by atomic mass is 10.1. The molecule has 1 rings (SSSR count). The molecule has 1 fully saturated rings. The van der Waals surface area contributed by atoms with E-state index in [2.05, 4.69) is 10.6 Å². The summed E-state index contributed by atoms with van der Waals surface area (Å²) in [6.45, 7) is 3.12. The molecule has 1 unspecified atom stereocenters. The van der Waals surface area contributed by atoms with Crippen molar-refractivity contribution in [1.29, 1.82) is 0 Å². The molecule has 94 valence electrons.